The summed E-state index contributed by atoms with van der Waals surface area (Å²) < 4.78 is 36.8. The maximum Gasteiger partial charge on any atom is 0.280 e. The second kappa shape index (κ2) is 9.24. The van der Waals surface area contributed by atoms with Crippen molar-refractivity contribution in [2.75, 3.05) is 19.5 Å². The SMILES string of the molecule is COc1cc([C@H]2Nc3ccccc3C(=O)N2NS(=O)(=O)c2ccc(C)cc2)c([N+](=O)[O-])cc1OC. The lowest BCUT2D eigenvalue weighted by atomic mass is 10.0. The molecule has 2 N–H and O–H groups in total. The van der Waals surface area contributed by atoms with Crippen LogP contribution in [0, 0.1) is 17.0 Å². The molecule has 0 fully saturated rings. The first-order valence-electron chi connectivity index (χ1n) is 10.3. The summed E-state index contributed by atoms with van der Waals surface area (Å²) in [5.41, 5.74) is 1.03. The maximum atomic E-state index is 13.5. The monoisotopic (exact) mass is 498 g/mol. The van der Waals surface area contributed by atoms with Crippen LogP contribution in [0.2, 0.25) is 0 Å². The number of sulfonamides is 1. The predicted molar refractivity (Wildman–Crippen MR) is 127 cm³/mol. The normalized spacial score (nSPS) is 15.2. The van der Waals surface area contributed by atoms with Gasteiger partial charge in [0.1, 0.15) is 0 Å². The summed E-state index contributed by atoms with van der Waals surface area (Å²) in [6.45, 7) is 1.81. The van der Waals surface area contributed by atoms with E-state index < -0.39 is 32.7 Å². The molecule has 3 aromatic carbocycles. The number of para-hydroxylation sites is 1. The van der Waals surface area contributed by atoms with Gasteiger partial charge < -0.3 is 14.8 Å². The van der Waals surface area contributed by atoms with E-state index in [9.17, 15) is 23.3 Å². The molecule has 0 radical (unpaired) electrons. The number of hydrogen-bond acceptors (Lipinski definition) is 8. The molecule has 1 heterocycles. The Kier molecular flexibility index (Phi) is 6.33. The van der Waals surface area contributed by atoms with Crippen LogP contribution in [0.1, 0.15) is 27.7 Å². The van der Waals surface area contributed by atoms with Crippen molar-refractivity contribution in [1.82, 2.24) is 9.84 Å². The number of rotatable bonds is 7. The number of anilines is 1. The zero-order valence-electron chi connectivity index (χ0n) is 19.0. The van der Waals surface area contributed by atoms with Crippen molar-refractivity contribution in [2.24, 2.45) is 0 Å². The van der Waals surface area contributed by atoms with Crippen molar-refractivity contribution in [1.29, 1.82) is 0 Å². The first-order valence-corrected chi connectivity index (χ1v) is 11.8. The van der Waals surface area contributed by atoms with Crippen LogP contribution in [0.5, 0.6) is 11.5 Å². The highest BCUT2D eigenvalue weighted by molar-refractivity contribution is 7.89. The summed E-state index contributed by atoms with van der Waals surface area (Å²) in [5, 5.41) is 15.8. The number of nitrogens with one attached hydrogen (secondary N) is 2. The summed E-state index contributed by atoms with van der Waals surface area (Å²) in [7, 11) is -1.53. The van der Waals surface area contributed by atoms with Crippen molar-refractivity contribution < 1.29 is 27.6 Å². The molecule has 0 saturated heterocycles. The van der Waals surface area contributed by atoms with Crippen LogP contribution in [0.25, 0.3) is 0 Å². The molecule has 1 atom stereocenters. The number of hydrogen-bond donors (Lipinski definition) is 2. The number of aryl methyl sites for hydroxylation is 1. The minimum atomic E-state index is -4.23. The molecule has 0 saturated carbocycles. The van der Waals surface area contributed by atoms with Crippen LogP contribution in [-0.4, -0.2) is 38.5 Å². The van der Waals surface area contributed by atoms with Gasteiger partial charge in [-0.3, -0.25) is 14.9 Å². The molecule has 1 aliphatic rings. The largest absolute Gasteiger partial charge is 0.493 e. The average molecular weight is 499 g/mol. The molecule has 0 bridgehead atoms. The number of amides is 1. The molecule has 182 valence electrons. The number of nitrogens with zero attached hydrogens (tertiary/aromatic N) is 2. The van der Waals surface area contributed by atoms with Gasteiger partial charge in [0.2, 0.25) is 0 Å². The first kappa shape index (κ1) is 24.0. The molecule has 1 aliphatic heterocycles. The maximum absolute atomic E-state index is 13.5. The molecule has 4 rings (SSSR count). The zero-order chi connectivity index (χ0) is 25.3. The lowest BCUT2D eigenvalue weighted by Crippen LogP contribution is -2.52. The second-order valence-electron chi connectivity index (χ2n) is 7.70. The van der Waals surface area contributed by atoms with Crippen molar-refractivity contribution in [3.63, 3.8) is 0 Å². The summed E-state index contributed by atoms with van der Waals surface area (Å²) in [6.07, 6.45) is -1.28. The third kappa shape index (κ3) is 4.48. The molecular weight excluding hydrogens is 476 g/mol. The van der Waals surface area contributed by atoms with Crippen molar-refractivity contribution >= 4 is 27.3 Å². The number of carbonyl (C=O) groups is 1. The van der Waals surface area contributed by atoms with Crippen LogP contribution in [-0.2, 0) is 10.0 Å². The lowest BCUT2D eigenvalue weighted by Gasteiger charge is -2.37. The van der Waals surface area contributed by atoms with Gasteiger partial charge in [-0.05, 0) is 37.3 Å². The molecule has 0 unspecified atom stereocenters. The molecule has 1 amide bonds. The van der Waals surface area contributed by atoms with Crippen molar-refractivity contribution in [2.45, 2.75) is 18.0 Å². The topological polar surface area (TPSA) is 140 Å². The number of benzene rings is 3. The Labute approximate surface area is 201 Å². The number of ether oxygens (including phenoxy) is 2. The first-order chi connectivity index (χ1) is 16.7. The number of hydrazine groups is 1. The molecule has 0 aliphatic carbocycles. The highest BCUT2D eigenvalue weighted by Crippen LogP contribution is 2.41. The van der Waals surface area contributed by atoms with Gasteiger partial charge in [0, 0.05) is 5.69 Å². The standard InChI is InChI=1S/C23H22N4O7S/c1-14-8-10-15(11-9-14)35(31,32)25-26-22(24-18-7-5-4-6-16(18)23(26)28)17-12-20(33-2)21(34-3)13-19(17)27(29)30/h4-13,22,24-25H,1-3H3/t22-/m0/s1. The Hall–Kier alpha value is -4.16. The average Bonchev–Trinajstić information content (AvgIpc) is 2.85. The van der Waals surface area contributed by atoms with Gasteiger partial charge >= 0.3 is 0 Å². The molecule has 12 heteroatoms. The summed E-state index contributed by atoms with van der Waals surface area (Å²) in [6, 6.07) is 15.0. The molecular formula is C23H22N4O7S. The highest BCUT2D eigenvalue weighted by Gasteiger charge is 2.39. The fraction of sp³-hybridized carbons (Fsp3) is 0.174. The quantitative estimate of drug-likeness (QED) is 0.373. The van der Waals surface area contributed by atoms with E-state index in [1.165, 1.54) is 38.5 Å². The van der Waals surface area contributed by atoms with E-state index in [1.54, 1.807) is 30.3 Å². The van der Waals surface area contributed by atoms with Gasteiger partial charge in [0.05, 0.1) is 41.2 Å². The zero-order valence-corrected chi connectivity index (χ0v) is 19.8. The fourth-order valence-electron chi connectivity index (χ4n) is 3.73. The van der Waals surface area contributed by atoms with Gasteiger partial charge in [0.25, 0.3) is 21.6 Å². The van der Waals surface area contributed by atoms with E-state index >= 15 is 0 Å². The highest BCUT2D eigenvalue weighted by atomic mass is 32.2. The van der Waals surface area contributed by atoms with Gasteiger partial charge in [-0.15, -0.1) is 4.83 Å². The molecule has 0 aromatic heterocycles. The van der Waals surface area contributed by atoms with Crippen molar-refractivity contribution in [3.8, 4) is 11.5 Å². The summed E-state index contributed by atoms with van der Waals surface area (Å²) in [5.74, 6) is -0.413. The molecule has 11 nitrogen and oxygen atoms in total. The van der Waals surface area contributed by atoms with Crippen molar-refractivity contribution in [3.05, 3.63) is 87.5 Å². The molecule has 3 aromatic rings. The smallest absolute Gasteiger partial charge is 0.280 e. The van der Waals surface area contributed by atoms with Gasteiger partial charge in [-0.25, -0.2) is 13.4 Å². The minimum absolute atomic E-state index is 0.0119. The van der Waals surface area contributed by atoms with Gasteiger partial charge in [-0.2, -0.15) is 0 Å². The van der Waals surface area contributed by atoms with Crippen LogP contribution in [0.15, 0.2) is 65.6 Å². The number of nitro groups is 1. The van der Waals surface area contributed by atoms with Crippen LogP contribution in [0.4, 0.5) is 11.4 Å². The van der Waals surface area contributed by atoms with Crippen LogP contribution >= 0.6 is 0 Å². The van der Waals surface area contributed by atoms with Gasteiger partial charge in [-0.1, -0.05) is 29.8 Å². The third-order valence-corrected chi connectivity index (χ3v) is 6.83. The third-order valence-electron chi connectivity index (χ3n) is 5.50. The minimum Gasteiger partial charge on any atom is -0.493 e. The van der Waals surface area contributed by atoms with E-state index in [4.69, 9.17) is 9.47 Å². The van der Waals surface area contributed by atoms with Gasteiger partial charge in [0.15, 0.2) is 17.7 Å². The van der Waals surface area contributed by atoms with E-state index in [0.717, 1.165) is 16.6 Å². The Bertz CT molecular complexity index is 1410. The Balaban J connectivity index is 1.88. The number of methoxy groups -OCH3 is 2. The molecule has 35 heavy (non-hydrogen) atoms. The van der Waals surface area contributed by atoms with E-state index in [0.29, 0.717) is 5.69 Å². The Morgan fingerprint density at radius 3 is 2.29 bits per heavy atom. The fourth-order valence-corrected chi connectivity index (χ4v) is 4.77. The Morgan fingerprint density at radius 2 is 1.66 bits per heavy atom. The number of carbonyl (C=O) groups excluding carboxylic acids is 1. The van der Waals surface area contributed by atoms with E-state index in [2.05, 4.69) is 10.1 Å². The second-order valence-corrected chi connectivity index (χ2v) is 9.36. The van der Waals surface area contributed by atoms with E-state index in [1.807, 2.05) is 6.92 Å². The van der Waals surface area contributed by atoms with E-state index in [-0.39, 0.29) is 27.5 Å². The lowest BCUT2D eigenvalue weighted by molar-refractivity contribution is -0.386. The van der Waals surface area contributed by atoms with Crippen LogP contribution < -0.4 is 19.6 Å². The predicted octanol–water partition coefficient (Wildman–Crippen LogP) is 3.38. The van der Waals surface area contributed by atoms with Crippen LogP contribution in [0.3, 0.4) is 0 Å². The number of fused-ring (bicyclic) bond motifs is 1. The summed E-state index contributed by atoms with van der Waals surface area (Å²) in [4.78, 5) is 27.0. The molecule has 0 spiro atoms. The summed E-state index contributed by atoms with van der Waals surface area (Å²) >= 11 is 0. The number of nitro benzene ring substituents is 1. The Morgan fingerprint density at radius 1 is 1.03 bits per heavy atom.